The van der Waals surface area contributed by atoms with Crippen LogP contribution in [0.15, 0.2) is 12.1 Å². The number of rotatable bonds is 3. The Morgan fingerprint density at radius 2 is 2.10 bits per heavy atom. The average molecular weight is 300 g/mol. The number of nitro benzene ring substituents is 1. The van der Waals surface area contributed by atoms with Gasteiger partial charge in [-0.3, -0.25) is 10.1 Å². The van der Waals surface area contributed by atoms with E-state index in [-0.39, 0.29) is 15.6 Å². The van der Waals surface area contributed by atoms with Crippen molar-refractivity contribution in [2.24, 2.45) is 0 Å². The van der Waals surface area contributed by atoms with E-state index >= 15 is 0 Å². The van der Waals surface area contributed by atoms with Crippen LogP contribution in [0.5, 0.6) is 0 Å². The second-order valence-corrected chi connectivity index (χ2v) is 4.94. The molecular weight excluding hydrogens is 294 g/mol. The van der Waals surface area contributed by atoms with Crippen molar-refractivity contribution in [2.75, 3.05) is 0 Å². The van der Waals surface area contributed by atoms with Crippen LogP contribution in [0.1, 0.15) is 15.4 Å². The van der Waals surface area contributed by atoms with E-state index in [0.29, 0.717) is 6.07 Å². The second-order valence-electron chi connectivity index (χ2n) is 3.74. The zero-order valence-electron chi connectivity index (χ0n) is 9.89. The molecule has 1 N–H and O–H groups in total. The Morgan fingerprint density at radius 1 is 1.45 bits per heavy atom. The van der Waals surface area contributed by atoms with E-state index in [2.05, 4.69) is 4.98 Å². The average Bonchev–Trinajstić information content (AvgIpc) is 2.70. The first-order valence-electron chi connectivity index (χ1n) is 5.16. The summed E-state index contributed by atoms with van der Waals surface area (Å²) >= 11 is 0.750. The highest BCUT2D eigenvalue weighted by atomic mass is 32.1. The summed E-state index contributed by atoms with van der Waals surface area (Å²) in [6, 6.07) is 1.44. The van der Waals surface area contributed by atoms with Crippen LogP contribution in [0.25, 0.3) is 10.6 Å². The largest absolute Gasteiger partial charge is 0.476 e. The van der Waals surface area contributed by atoms with Gasteiger partial charge >= 0.3 is 11.7 Å². The summed E-state index contributed by atoms with van der Waals surface area (Å²) in [7, 11) is 0. The van der Waals surface area contributed by atoms with E-state index < -0.39 is 33.8 Å². The molecule has 0 aliphatic heterocycles. The maximum Gasteiger partial charge on any atom is 0.355 e. The summed E-state index contributed by atoms with van der Waals surface area (Å²) < 4.78 is 27.6. The summed E-state index contributed by atoms with van der Waals surface area (Å²) in [5, 5.41) is 19.2. The highest BCUT2D eigenvalue weighted by Crippen LogP contribution is 2.35. The smallest absolute Gasteiger partial charge is 0.355 e. The van der Waals surface area contributed by atoms with E-state index in [1.165, 1.54) is 6.92 Å². The first kappa shape index (κ1) is 14.0. The zero-order valence-corrected chi connectivity index (χ0v) is 10.7. The number of aryl methyl sites for hydroxylation is 1. The normalized spacial score (nSPS) is 10.6. The molecule has 0 aliphatic rings. The fraction of sp³-hybridized carbons (Fsp3) is 0.0909. The lowest BCUT2D eigenvalue weighted by atomic mass is 10.2. The predicted octanol–water partition coefficient (Wildman–Crippen LogP) is 3.00. The Labute approximate surface area is 114 Å². The molecule has 0 amide bonds. The Hall–Kier alpha value is -2.42. The fourth-order valence-electron chi connectivity index (χ4n) is 1.58. The number of nitrogens with zero attached hydrogens (tertiary/aromatic N) is 2. The van der Waals surface area contributed by atoms with Crippen molar-refractivity contribution in [3.63, 3.8) is 0 Å². The fourth-order valence-corrected chi connectivity index (χ4v) is 2.53. The molecule has 9 heteroatoms. The summed E-state index contributed by atoms with van der Waals surface area (Å²) in [5.74, 6) is -3.75. The molecule has 0 aliphatic carbocycles. The molecule has 1 heterocycles. The third-order valence-corrected chi connectivity index (χ3v) is 3.47. The molecular formula is C11H6F2N2O4S. The van der Waals surface area contributed by atoms with Crippen LogP contribution in [0.2, 0.25) is 0 Å². The van der Waals surface area contributed by atoms with Gasteiger partial charge in [0.1, 0.15) is 10.8 Å². The van der Waals surface area contributed by atoms with Crippen LogP contribution < -0.4 is 0 Å². The number of hydrogen-bond acceptors (Lipinski definition) is 5. The van der Waals surface area contributed by atoms with Gasteiger partial charge in [0, 0.05) is 10.9 Å². The van der Waals surface area contributed by atoms with Gasteiger partial charge in [0.15, 0.2) is 5.69 Å². The number of aromatic nitrogens is 1. The summed E-state index contributed by atoms with van der Waals surface area (Å²) in [4.78, 5) is 24.4. The van der Waals surface area contributed by atoms with E-state index in [4.69, 9.17) is 5.11 Å². The number of hydrogen-bond donors (Lipinski definition) is 1. The van der Waals surface area contributed by atoms with Crippen molar-refractivity contribution < 1.29 is 23.6 Å². The van der Waals surface area contributed by atoms with Crippen molar-refractivity contribution >= 4 is 23.0 Å². The topological polar surface area (TPSA) is 93.3 Å². The number of aromatic carboxylic acids is 1. The molecule has 0 saturated heterocycles. The van der Waals surface area contributed by atoms with Crippen LogP contribution in [0, 0.1) is 28.7 Å². The van der Waals surface area contributed by atoms with Gasteiger partial charge in [0.2, 0.25) is 5.82 Å². The number of thiazole rings is 1. The van der Waals surface area contributed by atoms with Crippen LogP contribution in [-0.4, -0.2) is 21.0 Å². The first-order chi connectivity index (χ1) is 9.32. The number of carbonyl (C=O) groups is 1. The van der Waals surface area contributed by atoms with Gasteiger partial charge in [-0.15, -0.1) is 11.3 Å². The number of halogens is 2. The Bertz CT molecular complexity index is 729. The lowest BCUT2D eigenvalue weighted by Crippen LogP contribution is -2.00. The summed E-state index contributed by atoms with van der Waals surface area (Å²) in [6.07, 6.45) is 0. The zero-order chi connectivity index (χ0) is 15.0. The SMILES string of the molecule is Cc1sc(-c2c(F)ccc([N+](=O)[O-])c2F)nc1C(=O)O. The number of carboxylic acid groups (broad SMARTS) is 1. The van der Waals surface area contributed by atoms with Crippen molar-refractivity contribution in [2.45, 2.75) is 6.92 Å². The highest BCUT2D eigenvalue weighted by molar-refractivity contribution is 7.15. The maximum atomic E-state index is 13.9. The Balaban J connectivity index is 2.69. The lowest BCUT2D eigenvalue weighted by Gasteiger charge is -2.01. The van der Waals surface area contributed by atoms with Gasteiger partial charge in [-0.05, 0) is 13.0 Å². The van der Waals surface area contributed by atoms with E-state index in [9.17, 15) is 23.7 Å². The molecule has 0 saturated carbocycles. The van der Waals surface area contributed by atoms with Crippen molar-refractivity contribution in [1.82, 2.24) is 4.98 Å². The Morgan fingerprint density at radius 3 is 2.60 bits per heavy atom. The van der Waals surface area contributed by atoms with Gasteiger partial charge in [-0.25, -0.2) is 14.2 Å². The molecule has 0 unspecified atom stereocenters. The van der Waals surface area contributed by atoms with Crippen molar-refractivity contribution in [3.05, 3.63) is 44.5 Å². The van der Waals surface area contributed by atoms with Crippen molar-refractivity contribution in [3.8, 4) is 10.6 Å². The molecule has 0 bridgehead atoms. The molecule has 0 atom stereocenters. The van der Waals surface area contributed by atoms with Gasteiger partial charge in [0.25, 0.3) is 0 Å². The number of benzene rings is 1. The molecule has 0 spiro atoms. The predicted molar refractivity (Wildman–Crippen MR) is 65.8 cm³/mol. The maximum absolute atomic E-state index is 13.9. The molecule has 104 valence electrons. The quantitative estimate of drug-likeness (QED) is 0.694. The molecule has 20 heavy (non-hydrogen) atoms. The third kappa shape index (κ3) is 2.23. The molecule has 6 nitrogen and oxygen atoms in total. The van der Waals surface area contributed by atoms with E-state index in [0.717, 1.165) is 17.4 Å². The first-order valence-corrected chi connectivity index (χ1v) is 5.98. The molecule has 0 radical (unpaired) electrons. The minimum Gasteiger partial charge on any atom is -0.476 e. The van der Waals surface area contributed by atoms with Crippen LogP contribution in [0.4, 0.5) is 14.5 Å². The third-order valence-electron chi connectivity index (χ3n) is 2.48. The minimum atomic E-state index is -1.37. The van der Waals surface area contributed by atoms with Gasteiger partial charge in [0.05, 0.1) is 10.5 Å². The molecule has 1 aromatic heterocycles. The number of nitro groups is 1. The van der Waals surface area contributed by atoms with Crippen LogP contribution in [0.3, 0.4) is 0 Å². The Kier molecular flexibility index (Phi) is 3.45. The van der Waals surface area contributed by atoms with Crippen LogP contribution >= 0.6 is 11.3 Å². The molecule has 0 fully saturated rings. The van der Waals surface area contributed by atoms with Gasteiger partial charge in [-0.2, -0.15) is 4.39 Å². The van der Waals surface area contributed by atoms with E-state index in [1.54, 1.807) is 0 Å². The second kappa shape index (κ2) is 4.93. The summed E-state index contributed by atoms with van der Waals surface area (Å²) in [5.41, 5.74) is -1.93. The minimum absolute atomic E-state index is 0.248. The monoisotopic (exact) mass is 300 g/mol. The van der Waals surface area contributed by atoms with E-state index in [1.807, 2.05) is 0 Å². The van der Waals surface area contributed by atoms with Crippen LogP contribution in [-0.2, 0) is 0 Å². The summed E-state index contributed by atoms with van der Waals surface area (Å²) in [6.45, 7) is 1.43. The van der Waals surface area contributed by atoms with Gasteiger partial charge in [-0.1, -0.05) is 0 Å². The highest BCUT2D eigenvalue weighted by Gasteiger charge is 2.26. The van der Waals surface area contributed by atoms with Gasteiger partial charge < -0.3 is 5.11 Å². The standard InChI is InChI=1S/C11H6F2N2O4S/c1-4-9(11(16)17)14-10(20-4)7-5(12)2-3-6(8(7)13)15(18)19/h2-3H,1H3,(H,16,17). The molecule has 2 rings (SSSR count). The lowest BCUT2D eigenvalue weighted by molar-refractivity contribution is -0.387. The molecule has 2 aromatic rings. The van der Waals surface area contributed by atoms with Crippen molar-refractivity contribution in [1.29, 1.82) is 0 Å². The molecule has 1 aromatic carbocycles. The number of carboxylic acids is 1.